The number of alkyl halides is 3. The zero-order valence-electron chi connectivity index (χ0n) is 17.3. The first-order chi connectivity index (χ1) is 16.2. The number of pyridine rings is 1. The van der Waals surface area contributed by atoms with Crippen molar-refractivity contribution in [1.29, 1.82) is 0 Å². The number of rotatable bonds is 4. The number of ether oxygens (including phenoxy) is 1. The largest absolute Gasteiger partial charge is 0.456 e. The first-order valence-electron chi connectivity index (χ1n) is 10.0. The molecule has 0 unspecified atom stereocenters. The molecule has 172 valence electrons. The molecule has 4 aromatic rings. The molecule has 1 aliphatic rings. The Kier molecular flexibility index (Phi) is 4.89. The van der Waals surface area contributed by atoms with Gasteiger partial charge in [0.1, 0.15) is 29.5 Å². The van der Waals surface area contributed by atoms with Gasteiger partial charge in [-0.1, -0.05) is 6.07 Å². The number of fused-ring (bicyclic) bond motifs is 1. The number of hydrogen-bond donors (Lipinski definition) is 2. The van der Waals surface area contributed by atoms with Gasteiger partial charge in [-0.05, 0) is 48.5 Å². The summed E-state index contributed by atoms with van der Waals surface area (Å²) in [5.41, 5.74) is 5.72. The maximum atomic E-state index is 13.0. The molecule has 2 aromatic carbocycles. The maximum absolute atomic E-state index is 13.0. The van der Waals surface area contributed by atoms with Crippen LogP contribution in [0.25, 0.3) is 11.0 Å². The number of nitrogens with one attached hydrogen (secondary N) is 1. The zero-order valence-corrected chi connectivity index (χ0v) is 17.3. The lowest BCUT2D eigenvalue weighted by molar-refractivity contribution is -0.137. The van der Waals surface area contributed by atoms with Crippen LogP contribution in [0.1, 0.15) is 5.56 Å². The van der Waals surface area contributed by atoms with Crippen molar-refractivity contribution >= 4 is 40.2 Å². The summed E-state index contributed by atoms with van der Waals surface area (Å²) in [6, 6.07) is 13.1. The van der Waals surface area contributed by atoms with Gasteiger partial charge in [0.25, 0.3) is 5.91 Å². The van der Waals surface area contributed by atoms with Crippen molar-refractivity contribution in [3.8, 4) is 11.5 Å². The smallest absolute Gasteiger partial charge is 0.416 e. The van der Waals surface area contributed by atoms with Crippen molar-refractivity contribution in [2.24, 2.45) is 0 Å². The van der Waals surface area contributed by atoms with Gasteiger partial charge in [0.2, 0.25) is 0 Å². The number of halogens is 3. The molecule has 0 aliphatic carbocycles. The molecule has 3 amide bonds. The van der Waals surface area contributed by atoms with Crippen LogP contribution in [-0.2, 0) is 11.0 Å². The van der Waals surface area contributed by atoms with Crippen molar-refractivity contribution < 1.29 is 27.5 Å². The monoisotopic (exact) mass is 467 g/mol. The normalized spacial score (nSPS) is 14.3. The fraction of sp³-hybridized carbons (Fsp3) is 0.0870. The number of anilines is 3. The molecule has 11 heteroatoms. The van der Waals surface area contributed by atoms with Gasteiger partial charge in [-0.25, -0.2) is 14.7 Å². The zero-order chi connectivity index (χ0) is 24.0. The highest BCUT2D eigenvalue weighted by Gasteiger charge is 2.39. The van der Waals surface area contributed by atoms with Crippen LogP contribution in [0.3, 0.4) is 0 Å². The Morgan fingerprint density at radius 3 is 2.50 bits per heavy atom. The molecule has 34 heavy (non-hydrogen) atoms. The van der Waals surface area contributed by atoms with Crippen LogP contribution >= 0.6 is 0 Å². The average molecular weight is 467 g/mol. The van der Waals surface area contributed by atoms with Crippen molar-refractivity contribution in [2.45, 2.75) is 6.18 Å². The van der Waals surface area contributed by atoms with Crippen LogP contribution < -0.4 is 20.3 Å². The topological polar surface area (TPSA) is 105 Å². The fourth-order valence-corrected chi connectivity index (χ4v) is 3.71. The van der Waals surface area contributed by atoms with E-state index in [0.717, 1.165) is 27.3 Å². The van der Waals surface area contributed by atoms with Gasteiger partial charge < -0.3 is 15.5 Å². The Bertz CT molecular complexity index is 1420. The van der Waals surface area contributed by atoms with E-state index in [9.17, 15) is 22.8 Å². The molecule has 3 N–H and O–H groups in total. The lowest BCUT2D eigenvalue weighted by Crippen LogP contribution is -2.33. The summed E-state index contributed by atoms with van der Waals surface area (Å²) in [5.74, 6) is 0.600. The lowest BCUT2D eigenvalue weighted by atomic mass is 10.2. The van der Waals surface area contributed by atoms with E-state index >= 15 is 0 Å². The van der Waals surface area contributed by atoms with E-state index in [1.165, 1.54) is 24.3 Å². The third kappa shape index (κ3) is 3.76. The molecular weight excluding hydrogens is 451 g/mol. The number of aromatic nitrogens is 2. The third-order valence-electron chi connectivity index (χ3n) is 5.28. The standard InChI is InChI=1S/C23H16F3N5O3/c24-23(25,26)13-2-1-3-15(10-13)30-12-20(32)31(22(30)33)14-4-6-16(7-5-14)34-18-11-19(27)29-21-17(18)8-9-28-21/h1-11H,12H2,(H3,27,28,29). The van der Waals surface area contributed by atoms with E-state index in [4.69, 9.17) is 10.5 Å². The number of nitrogens with zero attached hydrogens (tertiary/aromatic N) is 3. The van der Waals surface area contributed by atoms with E-state index in [-0.39, 0.29) is 23.7 Å². The highest BCUT2D eigenvalue weighted by Crippen LogP contribution is 2.35. The Hall–Kier alpha value is -4.54. The molecule has 0 spiro atoms. The summed E-state index contributed by atoms with van der Waals surface area (Å²) < 4.78 is 45.0. The number of benzene rings is 2. The van der Waals surface area contributed by atoms with Crippen LogP contribution in [0.15, 0.2) is 66.9 Å². The lowest BCUT2D eigenvalue weighted by Gasteiger charge is -2.18. The highest BCUT2D eigenvalue weighted by atomic mass is 19.4. The fourth-order valence-electron chi connectivity index (χ4n) is 3.71. The Balaban J connectivity index is 1.38. The first kappa shape index (κ1) is 21.3. The van der Waals surface area contributed by atoms with Gasteiger partial charge in [-0.15, -0.1) is 0 Å². The van der Waals surface area contributed by atoms with Gasteiger partial charge in [0.15, 0.2) is 0 Å². The molecule has 0 saturated carbocycles. The molecule has 3 heterocycles. The Morgan fingerprint density at radius 1 is 1.00 bits per heavy atom. The molecule has 1 fully saturated rings. The number of nitrogen functional groups attached to an aromatic ring is 1. The second-order valence-electron chi connectivity index (χ2n) is 7.53. The van der Waals surface area contributed by atoms with Crippen LogP contribution in [0.5, 0.6) is 11.5 Å². The number of imide groups is 1. The van der Waals surface area contributed by atoms with Crippen molar-refractivity contribution in [3.63, 3.8) is 0 Å². The molecule has 1 saturated heterocycles. The van der Waals surface area contributed by atoms with Gasteiger partial charge >= 0.3 is 12.2 Å². The number of amides is 3. The number of aromatic amines is 1. The average Bonchev–Trinajstić information content (AvgIpc) is 3.38. The van der Waals surface area contributed by atoms with Crippen LogP contribution in [-0.4, -0.2) is 28.5 Å². The minimum Gasteiger partial charge on any atom is -0.456 e. The Labute approximate surface area is 190 Å². The van der Waals surface area contributed by atoms with Crippen LogP contribution in [0.2, 0.25) is 0 Å². The molecule has 1 aliphatic heterocycles. The first-order valence-corrected chi connectivity index (χ1v) is 10.0. The minimum absolute atomic E-state index is 0.0126. The molecule has 8 nitrogen and oxygen atoms in total. The molecule has 0 radical (unpaired) electrons. The van der Waals surface area contributed by atoms with Crippen LogP contribution in [0, 0.1) is 0 Å². The summed E-state index contributed by atoms with van der Waals surface area (Å²) in [6.45, 7) is -0.375. The summed E-state index contributed by atoms with van der Waals surface area (Å²) in [6.07, 6.45) is -2.86. The van der Waals surface area contributed by atoms with Gasteiger partial charge in [-0.3, -0.25) is 9.69 Å². The van der Waals surface area contributed by atoms with E-state index in [0.29, 0.717) is 17.1 Å². The second kappa shape index (κ2) is 7.80. The highest BCUT2D eigenvalue weighted by molar-refractivity contribution is 6.26. The number of carbonyl (C=O) groups is 2. The summed E-state index contributed by atoms with van der Waals surface area (Å²) >= 11 is 0. The number of nitrogens with two attached hydrogens (primary N) is 1. The van der Waals surface area contributed by atoms with E-state index in [1.807, 2.05) is 0 Å². The second-order valence-corrected chi connectivity index (χ2v) is 7.53. The number of hydrogen-bond acceptors (Lipinski definition) is 5. The van der Waals surface area contributed by atoms with Gasteiger partial charge in [0, 0.05) is 18.0 Å². The van der Waals surface area contributed by atoms with Crippen LogP contribution in [0.4, 0.5) is 35.2 Å². The van der Waals surface area contributed by atoms with Crippen molar-refractivity contribution in [2.75, 3.05) is 22.1 Å². The maximum Gasteiger partial charge on any atom is 0.416 e. The van der Waals surface area contributed by atoms with Gasteiger partial charge in [-0.2, -0.15) is 13.2 Å². The van der Waals surface area contributed by atoms with Gasteiger partial charge in [0.05, 0.1) is 16.6 Å². The van der Waals surface area contributed by atoms with E-state index in [1.54, 1.807) is 30.5 Å². The molecule has 5 rings (SSSR count). The summed E-state index contributed by atoms with van der Waals surface area (Å²) in [4.78, 5) is 34.5. The number of carbonyl (C=O) groups excluding carboxylic acids is 2. The number of urea groups is 1. The van der Waals surface area contributed by atoms with Crippen molar-refractivity contribution in [1.82, 2.24) is 9.97 Å². The predicted molar refractivity (Wildman–Crippen MR) is 119 cm³/mol. The quantitative estimate of drug-likeness (QED) is 0.414. The van der Waals surface area contributed by atoms with E-state index < -0.39 is 23.7 Å². The molecule has 2 aromatic heterocycles. The third-order valence-corrected chi connectivity index (χ3v) is 5.28. The summed E-state index contributed by atoms with van der Waals surface area (Å²) in [5, 5.41) is 0.722. The minimum atomic E-state index is -4.57. The van der Waals surface area contributed by atoms with E-state index in [2.05, 4.69) is 9.97 Å². The van der Waals surface area contributed by atoms with Crippen molar-refractivity contribution in [3.05, 3.63) is 72.4 Å². The SMILES string of the molecule is Nc1cc(Oc2ccc(N3C(=O)CN(c4cccc(C(F)(F)F)c4)C3=O)cc2)c2cc[nH]c2n1. The molecule has 0 bridgehead atoms. The Morgan fingerprint density at radius 2 is 1.76 bits per heavy atom. The molecule has 0 atom stereocenters. The number of H-pyrrole nitrogens is 1. The predicted octanol–water partition coefficient (Wildman–Crippen LogP) is 4.93. The molecular formula is C23H16F3N5O3. The summed E-state index contributed by atoms with van der Waals surface area (Å²) in [7, 11) is 0.